The number of ether oxygens (including phenoxy) is 1. The number of nitrogens with zero attached hydrogens (tertiary/aromatic N) is 2. The first-order chi connectivity index (χ1) is 13.1. The zero-order chi connectivity index (χ0) is 18.6. The van der Waals surface area contributed by atoms with Crippen LogP contribution < -0.4 is 5.32 Å². The van der Waals surface area contributed by atoms with Crippen LogP contribution >= 0.6 is 0 Å². The highest BCUT2D eigenvalue weighted by Gasteiger charge is 2.51. The Morgan fingerprint density at radius 2 is 2.15 bits per heavy atom. The zero-order valence-electron chi connectivity index (χ0n) is 15.4. The summed E-state index contributed by atoms with van der Waals surface area (Å²) in [6.45, 7) is 0. The number of carbonyl (C=O) groups excluding carboxylic acids is 1. The van der Waals surface area contributed by atoms with E-state index in [1.165, 1.54) is 0 Å². The molecule has 1 aromatic heterocycles. The van der Waals surface area contributed by atoms with Crippen molar-refractivity contribution >= 4 is 11.9 Å². The summed E-state index contributed by atoms with van der Waals surface area (Å²) >= 11 is 0. The van der Waals surface area contributed by atoms with E-state index in [0.29, 0.717) is 12.0 Å². The Labute approximate surface area is 158 Å². The number of carbonyl (C=O) groups is 1. The topological polar surface area (TPSA) is 56.2 Å². The quantitative estimate of drug-likeness (QED) is 0.868. The smallest absolute Gasteiger partial charge is 0.163 e. The van der Waals surface area contributed by atoms with Gasteiger partial charge in [0.25, 0.3) is 0 Å². The van der Waals surface area contributed by atoms with Crippen LogP contribution in [0.1, 0.15) is 55.6 Å². The summed E-state index contributed by atoms with van der Waals surface area (Å²) in [4.78, 5) is 17.3. The molecule has 2 aliphatic heterocycles. The number of nitrogens with one attached hydrogen (secondary N) is 1. The maximum absolute atomic E-state index is 14.2. The van der Waals surface area contributed by atoms with Crippen molar-refractivity contribution in [2.45, 2.75) is 56.2 Å². The number of fused-ring (bicyclic) bond motifs is 2. The average Bonchev–Trinajstić information content (AvgIpc) is 3.11. The lowest BCUT2D eigenvalue weighted by molar-refractivity contribution is -0.123. The SMILES string of the molecule is CO[C@H]1CC[C@@H](c2cn3c(n2)C=CC24C=C(F)CC(=O)C2NC=CC34)CC1. The van der Waals surface area contributed by atoms with E-state index in [9.17, 15) is 9.18 Å². The van der Waals surface area contributed by atoms with Gasteiger partial charge in [-0.1, -0.05) is 6.08 Å². The third kappa shape index (κ3) is 2.53. The van der Waals surface area contributed by atoms with Crippen molar-refractivity contribution in [3.63, 3.8) is 0 Å². The second-order valence-electron chi connectivity index (χ2n) is 8.11. The van der Waals surface area contributed by atoms with Gasteiger partial charge in [-0.2, -0.15) is 0 Å². The first-order valence-corrected chi connectivity index (χ1v) is 9.74. The van der Waals surface area contributed by atoms with Gasteiger partial charge in [-0.15, -0.1) is 0 Å². The minimum Gasteiger partial charge on any atom is -0.381 e. The number of halogens is 1. The molecule has 0 radical (unpaired) electrons. The van der Waals surface area contributed by atoms with Crippen molar-refractivity contribution in [2.24, 2.45) is 5.41 Å². The van der Waals surface area contributed by atoms with E-state index in [-0.39, 0.29) is 24.1 Å². The predicted molar refractivity (Wildman–Crippen MR) is 99.6 cm³/mol. The van der Waals surface area contributed by atoms with Gasteiger partial charge in [-0.3, -0.25) is 4.79 Å². The summed E-state index contributed by atoms with van der Waals surface area (Å²) in [6.07, 6.45) is 16.0. The minimum absolute atomic E-state index is 0.101. The van der Waals surface area contributed by atoms with Crippen molar-refractivity contribution in [3.8, 4) is 0 Å². The highest BCUT2D eigenvalue weighted by molar-refractivity contribution is 5.90. The molecule has 0 aromatic carbocycles. The number of rotatable bonds is 2. The van der Waals surface area contributed by atoms with E-state index in [2.05, 4.69) is 16.1 Å². The van der Waals surface area contributed by atoms with Gasteiger partial charge >= 0.3 is 0 Å². The molecule has 3 atom stereocenters. The molecular weight excluding hydrogens is 345 g/mol. The van der Waals surface area contributed by atoms with Gasteiger partial charge in [0.05, 0.1) is 29.7 Å². The molecule has 142 valence electrons. The molecular formula is C21H24FN3O2. The molecule has 1 fully saturated rings. The molecule has 1 N–H and O–H groups in total. The number of imidazole rings is 1. The predicted octanol–water partition coefficient (Wildman–Crippen LogP) is 3.42. The monoisotopic (exact) mass is 369 g/mol. The summed E-state index contributed by atoms with van der Waals surface area (Å²) < 4.78 is 21.8. The second-order valence-corrected chi connectivity index (χ2v) is 8.11. The maximum atomic E-state index is 14.2. The highest BCUT2D eigenvalue weighted by atomic mass is 19.1. The average molecular weight is 369 g/mol. The summed E-state index contributed by atoms with van der Waals surface area (Å²) in [5.41, 5.74) is 0.392. The molecule has 2 aliphatic carbocycles. The van der Waals surface area contributed by atoms with E-state index in [0.717, 1.165) is 37.2 Å². The molecule has 1 saturated carbocycles. The van der Waals surface area contributed by atoms with Crippen LogP contribution in [-0.2, 0) is 9.53 Å². The lowest BCUT2D eigenvalue weighted by atomic mass is 9.66. The lowest BCUT2D eigenvalue weighted by Gasteiger charge is -2.47. The number of Topliss-reactive ketones (excluding diaryl/α,β-unsaturated/α-hetero) is 1. The molecule has 3 unspecified atom stereocenters. The molecule has 1 aromatic rings. The van der Waals surface area contributed by atoms with Crippen LogP contribution in [0, 0.1) is 5.41 Å². The number of hydrogen-bond acceptors (Lipinski definition) is 4. The van der Waals surface area contributed by atoms with Gasteiger partial charge in [-0.05, 0) is 50.1 Å². The maximum Gasteiger partial charge on any atom is 0.163 e. The van der Waals surface area contributed by atoms with Gasteiger partial charge in [0, 0.05) is 19.2 Å². The molecule has 5 nitrogen and oxygen atoms in total. The fourth-order valence-electron chi connectivity index (χ4n) is 5.22. The first kappa shape index (κ1) is 16.9. The molecule has 1 spiro atoms. The van der Waals surface area contributed by atoms with Crippen molar-refractivity contribution in [1.82, 2.24) is 14.9 Å². The Morgan fingerprint density at radius 3 is 2.93 bits per heavy atom. The third-order valence-electron chi connectivity index (χ3n) is 6.65. The van der Waals surface area contributed by atoms with Crippen LogP contribution in [0.4, 0.5) is 4.39 Å². The molecule has 5 rings (SSSR count). The normalized spacial score (nSPS) is 37.1. The standard InChI is InChI=1S/C21H24FN3O2/c1-27-15-4-2-13(3-5-15)16-12-25-18-7-9-23-20-17(26)10-14(22)11-21(18,20)8-6-19(25)24-16/h6-9,11-13,15,18,20,23H,2-5,10H2,1H3/t13-,15+,18?,20?,21?. The third-order valence-corrected chi connectivity index (χ3v) is 6.65. The van der Waals surface area contributed by atoms with E-state index in [4.69, 9.17) is 9.72 Å². The van der Waals surface area contributed by atoms with Gasteiger partial charge in [0.15, 0.2) is 5.78 Å². The van der Waals surface area contributed by atoms with Gasteiger partial charge in [0.2, 0.25) is 0 Å². The molecule has 0 amide bonds. The van der Waals surface area contributed by atoms with Crippen LogP contribution in [-0.4, -0.2) is 34.6 Å². The molecule has 4 aliphatic rings. The van der Waals surface area contributed by atoms with Crippen LogP contribution in [0.2, 0.25) is 0 Å². The van der Waals surface area contributed by atoms with E-state index in [1.807, 2.05) is 24.4 Å². The van der Waals surface area contributed by atoms with Crippen LogP contribution in [0.5, 0.6) is 0 Å². The van der Waals surface area contributed by atoms with E-state index >= 15 is 0 Å². The van der Waals surface area contributed by atoms with Crippen LogP contribution in [0.3, 0.4) is 0 Å². The minimum atomic E-state index is -0.702. The van der Waals surface area contributed by atoms with Crippen LogP contribution in [0.15, 0.2) is 36.5 Å². The molecule has 27 heavy (non-hydrogen) atoms. The first-order valence-electron chi connectivity index (χ1n) is 9.74. The number of ketones is 1. The van der Waals surface area contributed by atoms with E-state index in [1.54, 1.807) is 13.2 Å². The van der Waals surface area contributed by atoms with Crippen molar-refractivity contribution in [1.29, 1.82) is 0 Å². The van der Waals surface area contributed by atoms with E-state index < -0.39 is 11.5 Å². The van der Waals surface area contributed by atoms with Crippen molar-refractivity contribution < 1.29 is 13.9 Å². The number of hydrogen-bond donors (Lipinski definition) is 1. The van der Waals surface area contributed by atoms with Gasteiger partial charge < -0.3 is 14.6 Å². The Hall–Kier alpha value is -2.21. The largest absolute Gasteiger partial charge is 0.381 e. The fraction of sp³-hybridized carbons (Fsp3) is 0.524. The molecule has 0 bridgehead atoms. The summed E-state index contributed by atoms with van der Waals surface area (Å²) in [5.74, 6) is 0.868. The van der Waals surface area contributed by atoms with Crippen molar-refractivity contribution in [3.05, 3.63) is 48.0 Å². The zero-order valence-corrected chi connectivity index (χ0v) is 15.4. The summed E-state index contributed by atoms with van der Waals surface area (Å²) in [7, 11) is 1.78. The Bertz CT molecular complexity index is 863. The Balaban J connectivity index is 1.51. The highest BCUT2D eigenvalue weighted by Crippen LogP contribution is 2.49. The lowest BCUT2D eigenvalue weighted by Crippen LogP contribution is -2.55. The fourth-order valence-corrected chi connectivity index (χ4v) is 5.22. The summed E-state index contributed by atoms with van der Waals surface area (Å²) in [6, 6.07) is -0.574. The van der Waals surface area contributed by atoms with Crippen LogP contribution in [0.25, 0.3) is 6.08 Å². The van der Waals surface area contributed by atoms with Crippen molar-refractivity contribution in [2.75, 3.05) is 7.11 Å². The molecule has 0 saturated heterocycles. The Kier molecular flexibility index (Phi) is 3.86. The molecule has 6 heteroatoms. The molecule has 3 heterocycles. The van der Waals surface area contributed by atoms with Gasteiger partial charge in [-0.25, -0.2) is 9.37 Å². The summed E-state index contributed by atoms with van der Waals surface area (Å²) in [5, 5.41) is 3.15. The second kappa shape index (κ2) is 6.16. The van der Waals surface area contributed by atoms with Gasteiger partial charge in [0.1, 0.15) is 17.7 Å². The Morgan fingerprint density at radius 1 is 1.33 bits per heavy atom. The number of methoxy groups -OCH3 is 1. The number of aromatic nitrogens is 2. The number of allylic oxidation sites excluding steroid dienone is 2.